The maximum atomic E-state index is 14.0. The topological polar surface area (TPSA) is 61.9 Å². The minimum absolute atomic E-state index is 0. The molecule has 0 aromatic heterocycles. The van der Waals surface area contributed by atoms with Gasteiger partial charge in [-0.3, -0.25) is 14.5 Å². The molecule has 180 valence electrons. The SMILES string of the molecule is CCCCN1C(=O)[C@H](CC(C)C)NC(=O)C12CCN(Cc1ccc(OC)c(F)c1)CC2.Cl. The van der Waals surface area contributed by atoms with Gasteiger partial charge in [0, 0.05) is 26.2 Å². The Hall–Kier alpha value is -1.86. The molecule has 32 heavy (non-hydrogen) atoms. The molecule has 0 saturated carbocycles. The van der Waals surface area contributed by atoms with Crippen molar-refractivity contribution < 1.29 is 18.7 Å². The largest absolute Gasteiger partial charge is 0.494 e. The summed E-state index contributed by atoms with van der Waals surface area (Å²) in [4.78, 5) is 30.7. The number of piperazine rings is 1. The lowest BCUT2D eigenvalue weighted by Crippen LogP contribution is -2.73. The van der Waals surface area contributed by atoms with Crippen molar-refractivity contribution >= 4 is 24.2 Å². The van der Waals surface area contributed by atoms with Crippen LogP contribution in [0.4, 0.5) is 4.39 Å². The summed E-state index contributed by atoms with van der Waals surface area (Å²) in [7, 11) is 1.45. The molecule has 2 fully saturated rings. The highest BCUT2D eigenvalue weighted by Crippen LogP contribution is 2.35. The maximum absolute atomic E-state index is 14.0. The van der Waals surface area contributed by atoms with Crippen molar-refractivity contribution in [2.75, 3.05) is 26.7 Å². The summed E-state index contributed by atoms with van der Waals surface area (Å²) < 4.78 is 19.0. The Labute approximate surface area is 197 Å². The summed E-state index contributed by atoms with van der Waals surface area (Å²) >= 11 is 0. The van der Waals surface area contributed by atoms with Crippen LogP contribution in [-0.2, 0) is 16.1 Å². The van der Waals surface area contributed by atoms with Gasteiger partial charge in [-0.05, 0) is 49.3 Å². The van der Waals surface area contributed by atoms with E-state index in [1.165, 1.54) is 13.2 Å². The molecule has 6 nitrogen and oxygen atoms in total. The first kappa shape index (κ1) is 26.4. The molecule has 0 radical (unpaired) electrons. The van der Waals surface area contributed by atoms with E-state index in [0.29, 0.717) is 51.4 Å². The molecule has 3 rings (SSSR count). The highest BCUT2D eigenvalue weighted by molar-refractivity contribution is 6.00. The van der Waals surface area contributed by atoms with Crippen molar-refractivity contribution in [3.63, 3.8) is 0 Å². The number of methoxy groups -OCH3 is 1. The Kier molecular flexibility index (Phi) is 9.34. The van der Waals surface area contributed by atoms with Gasteiger partial charge in [-0.2, -0.15) is 0 Å². The number of carbonyl (C=O) groups excluding carboxylic acids is 2. The Balaban J connectivity index is 0.00000363. The Bertz CT molecular complexity index is 797. The molecule has 0 unspecified atom stereocenters. The van der Waals surface area contributed by atoms with Gasteiger partial charge in [0.15, 0.2) is 11.6 Å². The van der Waals surface area contributed by atoms with Crippen LogP contribution in [0.3, 0.4) is 0 Å². The second kappa shape index (κ2) is 11.3. The quantitative estimate of drug-likeness (QED) is 0.629. The van der Waals surface area contributed by atoms with Crippen LogP contribution in [-0.4, -0.2) is 59.9 Å². The number of ether oxygens (including phenoxy) is 1. The first-order valence-corrected chi connectivity index (χ1v) is 11.5. The predicted molar refractivity (Wildman–Crippen MR) is 125 cm³/mol. The van der Waals surface area contributed by atoms with Crippen LogP contribution < -0.4 is 10.1 Å². The van der Waals surface area contributed by atoms with Gasteiger partial charge in [-0.25, -0.2) is 4.39 Å². The summed E-state index contributed by atoms with van der Waals surface area (Å²) in [6.45, 7) is 8.85. The summed E-state index contributed by atoms with van der Waals surface area (Å²) in [6.07, 6.45) is 3.73. The minimum atomic E-state index is -0.763. The van der Waals surface area contributed by atoms with Crippen molar-refractivity contribution in [1.82, 2.24) is 15.1 Å². The average molecular weight is 470 g/mol. The summed E-state index contributed by atoms with van der Waals surface area (Å²) in [5.41, 5.74) is 0.111. The second-order valence-electron chi connectivity index (χ2n) is 9.28. The number of carbonyl (C=O) groups is 2. The van der Waals surface area contributed by atoms with Crippen molar-refractivity contribution in [1.29, 1.82) is 0 Å². The Morgan fingerprint density at radius 3 is 2.50 bits per heavy atom. The smallest absolute Gasteiger partial charge is 0.246 e. The summed E-state index contributed by atoms with van der Waals surface area (Å²) in [5, 5.41) is 3.04. The number of rotatable bonds is 8. The standard InChI is InChI=1S/C24H36FN3O3.ClH/c1-5-6-11-28-22(29)20(14-17(2)3)26-23(30)24(28)9-12-27(13-10-24)16-18-7-8-21(31-4)19(25)15-18;/h7-8,15,17,20H,5-6,9-14,16H2,1-4H3,(H,26,30);1H/t20-;/m0./s1. The second-order valence-corrected chi connectivity index (χ2v) is 9.28. The third-order valence-corrected chi connectivity index (χ3v) is 6.56. The highest BCUT2D eigenvalue weighted by atomic mass is 35.5. The number of hydrogen-bond acceptors (Lipinski definition) is 4. The molecule has 2 amide bonds. The fourth-order valence-electron chi connectivity index (χ4n) is 4.79. The first-order chi connectivity index (χ1) is 14.8. The average Bonchev–Trinajstić information content (AvgIpc) is 2.73. The van der Waals surface area contributed by atoms with Crippen LogP contribution in [0.1, 0.15) is 58.4 Å². The molecule has 2 aliphatic heterocycles. The van der Waals surface area contributed by atoms with Gasteiger partial charge in [0.25, 0.3) is 0 Å². The van der Waals surface area contributed by atoms with E-state index in [0.717, 1.165) is 18.4 Å². The zero-order valence-corrected chi connectivity index (χ0v) is 20.5. The molecule has 1 spiro atoms. The Morgan fingerprint density at radius 1 is 1.25 bits per heavy atom. The van der Waals surface area contributed by atoms with Gasteiger partial charge < -0.3 is 15.0 Å². The monoisotopic (exact) mass is 469 g/mol. The molecule has 8 heteroatoms. The summed E-state index contributed by atoms with van der Waals surface area (Å²) in [6, 6.07) is 4.59. The molecular weight excluding hydrogens is 433 g/mol. The van der Waals surface area contributed by atoms with Gasteiger partial charge in [0.1, 0.15) is 11.6 Å². The lowest BCUT2D eigenvalue weighted by molar-refractivity contribution is -0.161. The molecule has 1 aromatic rings. The van der Waals surface area contributed by atoms with Crippen LogP contribution in [0.2, 0.25) is 0 Å². The van der Waals surface area contributed by atoms with E-state index in [1.54, 1.807) is 6.07 Å². The fraction of sp³-hybridized carbons (Fsp3) is 0.667. The molecule has 2 saturated heterocycles. The maximum Gasteiger partial charge on any atom is 0.246 e. The third-order valence-electron chi connectivity index (χ3n) is 6.56. The number of nitrogens with zero attached hydrogens (tertiary/aromatic N) is 2. The van der Waals surface area contributed by atoms with Crippen LogP contribution in [0.5, 0.6) is 5.75 Å². The molecule has 2 heterocycles. The van der Waals surface area contributed by atoms with Crippen LogP contribution in [0.25, 0.3) is 0 Å². The van der Waals surface area contributed by atoms with Gasteiger partial charge in [-0.1, -0.05) is 33.3 Å². The fourth-order valence-corrected chi connectivity index (χ4v) is 4.79. The van der Waals surface area contributed by atoms with Crippen molar-refractivity contribution in [3.05, 3.63) is 29.6 Å². The minimum Gasteiger partial charge on any atom is -0.494 e. The van der Waals surface area contributed by atoms with Crippen molar-refractivity contribution in [2.45, 2.75) is 71.0 Å². The highest BCUT2D eigenvalue weighted by Gasteiger charge is 2.53. The molecular formula is C24H37ClFN3O3. The first-order valence-electron chi connectivity index (χ1n) is 11.5. The van der Waals surface area contributed by atoms with Crippen molar-refractivity contribution in [3.8, 4) is 5.75 Å². The number of amides is 2. The van der Waals surface area contributed by atoms with Crippen LogP contribution in [0.15, 0.2) is 18.2 Å². The summed E-state index contributed by atoms with van der Waals surface area (Å²) in [5.74, 6) is 0.258. The normalized spacial score (nSPS) is 20.9. The molecule has 1 atom stereocenters. The van der Waals surface area contributed by atoms with E-state index in [1.807, 2.05) is 11.0 Å². The molecule has 2 aliphatic rings. The molecule has 1 N–H and O–H groups in total. The molecule has 0 bridgehead atoms. The van der Waals surface area contributed by atoms with Gasteiger partial charge >= 0.3 is 0 Å². The van der Waals surface area contributed by atoms with E-state index in [4.69, 9.17) is 4.74 Å². The van der Waals surface area contributed by atoms with Crippen LogP contribution in [0, 0.1) is 11.7 Å². The number of benzene rings is 1. The van der Waals surface area contributed by atoms with E-state index in [9.17, 15) is 14.0 Å². The van der Waals surface area contributed by atoms with Crippen LogP contribution >= 0.6 is 12.4 Å². The number of halogens is 2. The lowest BCUT2D eigenvalue weighted by atomic mass is 9.80. The number of piperidine rings is 1. The molecule has 0 aliphatic carbocycles. The van der Waals surface area contributed by atoms with Gasteiger partial charge in [-0.15, -0.1) is 12.4 Å². The predicted octanol–water partition coefficient (Wildman–Crippen LogP) is 3.76. The van der Waals surface area contributed by atoms with E-state index >= 15 is 0 Å². The van der Waals surface area contributed by atoms with Crippen molar-refractivity contribution in [2.24, 2.45) is 5.92 Å². The van der Waals surface area contributed by atoms with Gasteiger partial charge in [0.2, 0.25) is 11.8 Å². The number of unbranched alkanes of at least 4 members (excludes halogenated alkanes) is 1. The lowest BCUT2D eigenvalue weighted by Gasteiger charge is -2.52. The van der Waals surface area contributed by atoms with E-state index < -0.39 is 11.6 Å². The zero-order valence-electron chi connectivity index (χ0n) is 19.7. The zero-order chi connectivity index (χ0) is 22.6. The van der Waals surface area contributed by atoms with Gasteiger partial charge in [0.05, 0.1) is 7.11 Å². The van der Waals surface area contributed by atoms with E-state index in [2.05, 4.69) is 31.0 Å². The third kappa shape index (κ3) is 5.54. The van der Waals surface area contributed by atoms with E-state index in [-0.39, 0.29) is 35.8 Å². The number of hydrogen-bond donors (Lipinski definition) is 1. The number of nitrogens with one attached hydrogen (secondary N) is 1. The Morgan fingerprint density at radius 2 is 1.94 bits per heavy atom. The number of likely N-dealkylation sites (tertiary alicyclic amines) is 1. The molecule has 1 aromatic carbocycles.